The number of carbonyl (C=O) groups excluding carboxylic acids is 1. The van der Waals surface area contributed by atoms with E-state index < -0.39 is 5.91 Å². The Bertz CT molecular complexity index is 1130. The minimum Gasteiger partial charge on any atom is -0.322 e. The Morgan fingerprint density at radius 3 is 2.61 bits per heavy atom. The van der Waals surface area contributed by atoms with E-state index in [0.717, 1.165) is 30.9 Å². The van der Waals surface area contributed by atoms with Crippen LogP contribution in [-0.2, 0) is 13.1 Å². The zero-order valence-corrected chi connectivity index (χ0v) is 18.0. The third kappa shape index (κ3) is 5.06. The van der Waals surface area contributed by atoms with E-state index in [-0.39, 0.29) is 17.7 Å². The predicted molar refractivity (Wildman–Crippen MR) is 120 cm³/mol. The summed E-state index contributed by atoms with van der Waals surface area (Å²) in [6, 6.07) is 9.62. The van der Waals surface area contributed by atoms with Crippen LogP contribution in [0.3, 0.4) is 0 Å². The minimum atomic E-state index is -0.398. The lowest BCUT2D eigenvalue weighted by atomic mass is 10.1. The molecule has 2 aromatic heterocycles. The number of aryl methyl sites for hydroxylation is 2. The standard InChI is InChI=1S/C24H27N5O2/c1-17-8-11-29(16-21-14-25-18(2)13-26-21)24(31)22(17)23(30)27-20-7-5-6-19(12-20)15-28-9-3-4-10-28/h5-8,11-14H,3-4,9-10,15-16H2,1-2H3,(H,27,30). The summed E-state index contributed by atoms with van der Waals surface area (Å²) in [5.74, 6) is -0.398. The van der Waals surface area contributed by atoms with Gasteiger partial charge < -0.3 is 9.88 Å². The number of benzene rings is 1. The number of carbonyl (C=O) groups is 1. The molecule has 1 aliphatic rings. The van der Waals surface area contributed by atoms with Crippen molar-refractivity contribution < 1.29 is 4.79 Å². The van der Waals surface area contributed by atoms with Gasteiger partial charge in [-0.3, -0.25) is 24.5 Å². The molecule has 1 N–H and O–H groups in total. The van der Waals surface area contributed by atoms with Gasteiger partial charge in [0.15, 0.2) is 0 Å². The normalized spacial score (nSPS) is 14.0. The van der Waals surface area contributed by atoms with Gasteiger partial charge in [-0.05, 0) is 69.1 Å². The Morgan fingerprint density at radius 2 is 1.87 bits per heavy atom. The summed E-state index contributed by atoms with van der Waals surface area (Å²) in [5, 5.41) is 2.90. The van der Waals surface area contributed by atoms with Crippen LogP contribution < -0.4 is 10.9 Å². The summed E-state index contributed by atoms with van der Waals surface area (Å²) >= 11 is 0. The van der Waals surface area contributed by atoms with Crippen LogP contribution >= 0.6 is 0 Å². The van der Waals surface area contributed by atoms with Crippen molar-refractivity contribution in [3.05, 3.63) is 87.4 Å². The number of anilines is 1. The molecule has 1 saturated heterocycles. The maximum atomic E-state index is 13.0. The molecule has 7 nitrogen and oxygen atoms in total. The fourth-order valence-corrected chi connectivity index (χ4v) is 3.88. The van der Waals surface area contributed by atoms with Crippen LogP contribution in [0.5, 0.6) is 0 Å². The number of pyridine rings is 1. The monoisotopic (exact) mass is 417 g/mol. The molecule has 0 atom stereocenters. The Kier molecular flexibility index (Phi) is 6.23. The van der Waals surface area contributed by atoms with Crippen LogP contribution in [0, 0.1) is 13.8 Å². The quantitative estimate of drug-likeness (QED) is 0.666. The lowest BCUT2D eigenvalue weighted by molar-refractivity contribution is 0.102. The van der Waals surface area contributed by atoms with E-state index in [1.54, 1.807) is 31.6 Å². The molecule has 7 heteroatoms. The van der Waals surface area contributed by atoms with E-state index in [2.05, 4.69) is 26.3 Å². The first kappa shape index (κ1) is 20.9. The molecule has 31 heavy (non-hydrogen) atoms. The molecule has 160 valence electrons. The second-order valence-corrected chi connectivity index (χ2v) is 8.09. The molecule has 4 rings (SSSR count). The second-order valence-electron chi connectivity index (χ2n) is 8.09. The molecule has 0 spiro atoms. The molecule has 1 aliphatic heterocycles. The van der Waals surface area contributed by atoms with Gasteiger partial charge in [-0.15, -0.1) is 0 Å². The maximum Gasteiger partial charge on any atom is 0.264 e. The van der Waals surface area contributed by atoms with Gasteiger partial charge in [-0.2, -0.15) is 0 Å². The first-order valence-electron chi connectivity index (χ1n) is 10.6. The highest BCUT2D eigenvalue weighted by Gasteiger charge is 2.17. The zero-order chi connectivity index (χ0) is 21.8. The van der Waals surface area contributed by atoms with Gasteiger partial charge >= 0.3 is 0 Å². The van der Waals surface area contributed by atoms with Crippen LogP contribution in [0.1, 0.15) is 45.7 Å². The van der Waals surface area contributed by atoms with E-state index in [0.29, 0.717) is 16.9 Å². The van der Waals surface area contributed by atoms with Crippen molar-refractivity contribution >= 4 is 11.6 Å². The number of likely N-dealkylation sites (tertiary alicyclic amines) is 1. The highest BCUT2D eigenvalue weighted by atomic mass is 16.2. The van der Waals surface area contributed by atoms with E-state index in [4.69, 9.17) is 0 Å². The SMILES string of the molecule is Cc1cnc(Cn2ccc(C)c(C(=O)Nc3cccc(CN4CCCC4)c3)c2=O)cn1. The molecule has 0 unspecified atom stereocenters. The van der Waals surface area contributed by atoms with Crippen LogP contribution in [-0.4, -0.2) is 38.4 Å². The van der Waals surface area contributed by atoms with Crippen LogP contribution in [0.25, 0.3) is 0 Å². The van der Waals surface area contributed by atoms with Gasteiger partial charge in [0.05, 0.1) is 24.1 Å². The lowest BCUT2D eigenvalue weighted by Crippen LogP contribution is -2.30. The van der Waals surface area contributed by atoms with E-state index in [9.17, 15) is 9.59 Å². The van der Waals surface area contributed by atoms with Crippen molar-refractivity contribution in [3.8, 4) is 0 Å². The summed E-state index contributed by atoms with van der Waals surface area (Å²) in [4.78, 5) is 37.0. The number of hydrogen-bond donors (Lipinski definition) is 1. The largest absolute Gasteiger partial charge is 0.322 e. The zero-order valence-electron chi connectivity index (χ0n) is 18.0. The molecular weight excluding hydrogens is 390 g/mol. The fourth-order valence-electron chi connectivity index (χ4n) is 3.88. The third-order valence-corrected chi connectivity index (χ3v) is 5.56. The van der Waals surface area contributed by atoms with Crippen LogP contribution in [0.15, 0.2) is 53.7 Å². The van der Waals surface area contributed by atoms with Crippen molar-refractivity contribution in [2.75, 3.05) is 18.4 Å². The summed E-state index contributed by atoms with van der Waals surface area (Å²) in [6.07, 6.45) is 7.48. The molecule has 1 aromatic carbocycles. The summed E-state index contributed by atoms with van der Waals surface area (Å²) in [7, 11) is 0. The molecule has 0 saturated carbocycles. The van der Waals surface area contributed by atoms with Crippen LogP contribution in [0.4, 0.5) is 5.69 Å². The predicted octanol–water partition coefficient (Wildman–Crippen LogP) is 3.15. The summed E-state index contributed by atoms with van der Waals surface area (Å²) < 4.78 is 1.49. The smallest absolute Gasteiger partial charge is 0.264 e. The van der Waals surface area contributed by atoms with Crippen molar-refractivity contribution in [1.82, 2.24) is 19.4 Å². The van der Waals surface area contributed by atoms with Crippen molar-refractivity contribution in [2.45, 2.75) is 39.8 Å². The molecule has 1 amide bonds. The van der Waals surface area contributed by atoms with Crippen LogP contribution in [0.2, 0.25) is 0 Å². The number of hydrogen-bond acceptors (Lipinski definition) is 5. The highest BCUT2D eigenvalue weighted by molar-refractivity contribution is 6.05. The molecule has 0 aliphatic carbocycles. The molecule has 1 fully saturated rings. The average molecular weight is 418 g/mol. The fraction of sp³-hybridized carbons (Fsp3) is 0.333. The number of nitrogens with zero attached hydrogens (tertiary/aromatic N) is 4. The topological polar surface area (TPSA) is 80.1 Å². The van der Waals surface area contributed by atoms with E-state index in [1.807, 2.05) is 25.1 Å². The van der Waals surface area contributed by atoms with Crippen molar-refractivity contribution in [3.63, 3.8) is 0 Å². The Morgan fingerprint density at radius 1 is 1.06 bits per heavy atom. The lowest BCUT2D eigenvalue weighted by Gasteiger charge is -2.15. The summed E-state index contributed by atoms with van der Waals surface area (Å²) in [6.45, 7) is 7.00. The molecule has 0 radical (unpaired) electrons. The highest BCUT2D eigenvalue weighted by Crippen LogP contribution is 2.17. The molecular formula is C24H27N5O2. The Hall–Kier alpha value is -3.32. The Labute approximate surface area is 181 Å². The maximum absolute atomic E-state index is 13.0. The second kappa shape index (κ2) is 9.22. The number of nitrogens with one attached hydrogen (secondary N) is 1. The first-order chi connectivity index (χ1) is 15.0. The number of aromatic nitrogens is 3. The van der Waals surface area contributed by atoms with Crippen molar-refractivity contribution in [1.29, 1.82) is 0 Å². The molecule has 3 heterocycles. The summed E-state index contributed by atoms with van der Waals surface area (Å²) in [5.41, 5.74) is 3.77. The van der Waals surface area contributed by atoms with Gasteiger partial charge in [-0.1, -0.05) is 12.1 Å². The minimum absolute atomic E-state index is 0.146. The van der Waals surface area contributed by atoms with Gasteiger partial charge in [0.1, 0.15) is 5.56 Å². The van der Waals surface area contributed by atoms with E-state index in [1.165, 1.54) is 17.4 Å². The number of amides is 1. The average Bonchev–Trinajstić information content (AvgIpc) is 3.25. The number of rotatable bonds is 6. The van der Waals surface area contributed by atoms with Gasteiger partial charge in [-0.25, -0.2) is 0 Å². The first-order valence-corrected chi connectivity index (χ1v) is 10.6. The molecule has 3 aromatic rings. The van der Waals surface area contributed by atoms with Gasteiger partial charge in [0, 0.05) is 24.6 Å². The Balaban J connectivity index is 1.53. The van der Waals surface area contributed by atoms with Crippen molar-refractivity contribution in [2.24, 2.45) is 0 Å². The van der Waals surface area contributed by atoms with Gasteiger partial charge in [0.25, 0.3) is 11.5 Å². The van der Waals surface area contributed by atoms with Gasteiger partial charge in [0.2, 0.25) is 0 Å². The van der Waals surface area contributed by atoms with E-state index >= 15 is 0 Å². The molecule has 0 bridgehead atoms. The third-order valence-electron chi connectivity index (χ3n) is 5.56.